The highest BCUT2D eigenvalue weighted by Gasteiger charge is 2.09. The highest BCUT2D eigenvalue weighted by atomic mass is 32.1. The maximum absolute atomic E-state index is 12.0. The van der Waals surface area contributed by atoms with Gasteiger partial charge in [0.25, 0.3) is 0 Å². The lowest BCUT2D eigenvalue weighted by atomic mass is 10.3. The molecule has 3 aromatic heterocycles. The number of fused-ring (bicyclic) bond motifs is 1. The molecule has 0 radical (unpaired) electrons. The highest BCUT2D eigenvalue weighted by molar-refractivity contribution is 7.09. The summed E-state index contributed by atoms with van der Waals surface area (Å²) in [7, 11) is 4.00. The number of pyridine rings is 1. The summed E-state index contributed by atoms with van der Waals surface area (Å²) in [6, 6.07) is 5.42. The van der Waals surface area contributed by atoms with Crippen LogP contribution in [0.15, 0.2) is 36.0 Å². The number of nitrogens with one attached hydrogen (secondary N) is 2. The maximum atomic E-state index is 12.0. The molecule has 0 fully saturated rings. The molecular weight excluding hydrogens is 312 g/mol. The summed E-state index contributed by atoms with van der Waals surface area (Å²) >= 11 is 1.55. The van der Waals surface area contributed by atoms with Crippen LogP contribution in [0.5, 0.6) is 0 Å². The molecule has 120 valence electrons. The quantitative estimate of drug-likeness (QED) is 0.752. The van der Waals surface area contributed by atoms with E-state index in [1.54, 1.807) is 22.0 Å². The van der Waals surface area contributed by atoms with Gasteiger partial charge in [-0.15, -0.1) is 11.3 Å². The van der Waals surface area contributed by atoms with E-state index in [2.05, 4.69) is 25.6 Å². The van der Waals surface area contributed by atoms with Crippen molar-refractivity contribution in [3.8, 4) is 0 Å². The first-order valence-electron chi connectivity index (χ1n) is 7.17. The third kappa shape index (κ3) is 3.85. The van der Waals surface area contributed by atoms with Gasteiger partial charge in [0.1, 0.15) is 5.01 Å². The Labute approximate surface area is 138 Å². The van der Waals surface area contributed by atoms with Crippen LogP contribution in [0.4, 0.5) is 10.5 Å². The molecule has 3 aromatic rings. The van der Waals surface area contributed by atoms with Crippen LogP contribution in [-0.4, -0.2) is 39.6 Å². The Balaban J connectivity index is 1.56. The monoisotopic (exact) mass is 330 g/mol. The molecule has 0 saturated carbocycles. The predicted octanol–water partition coefficient (Wildman–Crippen LogP) is 2.17. The average Bonchev–Trinajstić information content (AvgIpc) is 3.12. The Bertz CT molecular complexity index is 809. The summed E-state index contributed by atoms with van der Waals surface area (Å²) in [4.78, 5) is 18.6. The number of hydrogen-bond donors (Lipinski definition) is 2. The van der Waals surface area contributed by atoms with E-state index in [0.29, 0.717) is 12.2 Å². The molecule has 7 nitrogen and oxygen atoms in total. The fraction of sp³-hybridized carbons (Fsp3) is 0.267. The third-order valence-corrected chi connectivity index (χ3v) is 4.05. The molecular formula is C15H18N6OS. The van der Waals surface area contributed by atoms with Gasteiger partial charge in [-0.3, -0.25) is 0 Å². The molecule has 0 aliphatic carbocycles. The maximum Gasteiger partial charge on any atom is 0.319 e. The molecule has 0 spiro atoms. The van der Waals surface area contributed by atoms with Crippen LogP contribution in [-0.2, 0) is 13.1 Å². The van der Waals surface area contributed by atoms with Gasteiger partial charge in [0.2, 0.25) is 0 Å². The first-order chi connectivity index (χ1) is 11.1. The van der Waals surface area contributed by atoms with Gasteiger partial charge in [-0.1, -0.05) is 6.07 Å². The molecule has 3 heterocycles. The Hall–Kier alpha value is -2.45. The molecule has 0 saturated heterocycles. The SMILES string of the molecule is CN(C)Cc1csc(CNC(=O)Nc2cnn3ccccc23)n1. The van der Waals surface area contributed by atoms with Crippen molar-refractivity contribution in [3.63, 3.8) is 0 Å². The van der Waals surface area contributed by atoms with Crippen molar-refractivity contribution in [2.75, 3.05) is 19.4 Å². The predicted molar refractivity (Wildman–Crippen MR) is 90.6 cm³/mol. The van der Waals surface area contributed by atoms with Crippen molar-refractivity contribution >= 4 is 28.6 Å². The molecule has 0 atom stereocenters. The second kappa shape index (κ2) is 6.76. The van der Waals surface area contributed by atoms with Gasteiger partial charge >= 0.3 is 6.03 Å². The van der Waals surface area contributed by atoms with E-state index in [-0.39, 0.29) is 6.03 Å². The highest BCUT2D eigenvalue weighted by Crippen LogP contribution is 2.15. The number of amides is 2. The molecule has 23 heavy (non-hydrogen) atoms. The van der Waals surface area contributed by atoms with E-state index >= 15 is 0 Å². The van der Waals surface area contributed by atoms with Gasteiger partial charge in [-0.05, 0) is 26.2 Å². The number of anilines is 1. The van der Waals surface area contributed by atoms with E-state index in [0.717, 1.165) is 22.8 Å². The van der Waals surface area contributed by atoms with Gasteiger partial charge in [0.15, 0.2) is 0 Å². The van der Waals surface area contributed by atoms with Gasteiger partial charge < -0.3 is 15.5 Å². The second-order valence-corrected chi connectivity index (χ2v) is 6.31. The molecule has 8 heteroatoms. The Kier molecular flexibility index (Phi) is 4.54. The smallest absolute Gasteiger partial charge is 0.319 e. The number of carbonyl (C=O) groups is 1. The second-order valence-electron chi connectivity index (χ2n) is 5.37. The molecule has 0 aromatic carbocycles. The van der Waals surface area contributed by atoms with Gasteiger partial charge in [0.05, 0.1) is 29.6 Å². The minimum atomic E-state index is -0.270. The first kappa shape index (κ1) is 15.4. The molecule has 2 amide bonds. The zero-order chi connectivity index (χ0) is 16.2. The fourth-order valence-electron chi connectivity index (χ4n) is 2.18. The number of hydrogen-bond acceptors (Lipinski definition) is 5. The Morgan fingerprint density at radius 3 is 3.09 bits per heavy atom. The zero-order valence-electron chi connectivity index (χ0n) is 13.0. The zero-order valence-corrected chi connectivity index (χ0v) is 13.8. The summed E-state index contributed by atoms with van der Waals surface area (Å²) < 4.78 is 1.71. The number of thiazole rings is 1. The minimum absolute atomic E-state index is 0.270. The Morgan fingerprint density at radius 1 is 1.39 bits per heavy atom. The van der Waals surface area contributed by atoms with Crippen LogP contribution in [0.1, 0.15) is 10.7 Å². The largest absolute Gasteiger partial charge is 0.331 e. The normalized spacial score (nSPS) is 11.1. The molecule has 0 aliphatic heterocycles. The number of rotatable bonds is 5. The molecule has 2 N–H and O–H groups in total. The van der Waals surface area contributed by atoms with Crippen molar-refractivity contribution in [2.24, 2.45) is 0 Å². The van der Waals surface area contributed by atoms with Crippen LogP contribution < -0.4 is 10.6 Å². The lowest BCUT2D eigenvalue weighted by Gasteiger charge is -2.06. The molecule has 0 unspecified atom stereocenters. The molecule has 3 rings (SSSR count). The summed E-state index contributed by atoms with van der Waals surface area (Å²) in [5.41, 5.74) is 2.54. The van der Waals surface area contributed by atoms with E-state index in [1.807, 2.05) is 43.9 Å². The summed E-state index contributed by atoms with van der Waals surface area (Å²) in [6.45, 7) is 1.20. The number of urea groups is 1. The van der Waals surface area contributed by atoms with E-state index in [1.165, 1.54) is 0 Å². The van der Waals surface area contributed by atoms with Crippen LogP contribution in [0.25, 0.3) is 5.52 Å². The van der Waals surface area contributed by atoms with Crippen LogP contribution in [0.3, 0.4) is 0 Å². The van der Waals surface area contributed by atoms with Crippen molar-refractivity contribution in [1.29, 1.82) is 0 Å². The van der Waals surface area contributed by atoms with Crippen molar-refractivity contribution in [1.82, 2.24) is 24.8 Å². The summed E-state index contributed by atoms with van der Waals surface area (Å²) in [5.74, 6) is 0. The van der Waals surface area contributed by atoms with E-state index in [4.69, 9.17) is 0 Å². The number of aromatic nitrogens is 3. The standard InChI is InChI=1S/C15H18N6OS/c1-20(2)9-11-10-23-14(18-11)8-16-15(22)19-12-7-17-21-6-4-3-5-13(12)21/h3-7,10H,8-9H2,1-2H3,(H2,16,19,22). The van der Waals surface area contributed by atoms with E-state index in [9.17, 15) is 4.79 Å². The summed E-state index contributed by atoms with van der Waals surface area (Å²) in [5, 5.41) is 12.7. The van der Waals surface area contributed by atoms with Gasteiger partial charge in [-0.25, -0.2) is 14.3 Å². The van der Waals surface area contributed by atoms with Crippen molar-refractivity contribution < 1.29 is 4.79 Å². The third-order valence-electron chi connectivity index (χ3n) is 3.15. The van der Waals surface area contributed by atoms with Crippen LogP contribution in [0.2, 0.25) is 0 Å². The van der Waals surface area contributed by atoms with Crippen molar-refractivity contribution in [2.45, 2.75) is 13.1 Å². The number of carbonyl (C=O) groups excluding carboxylic acids is 1. The van der Waals surface area contributed by atoms with Gasteiger partial charge in [0, 0.05) is 18.1 Å². The average molecular weight is 330 g/mol. The fourth-order valence-corrected chi connectivity index (χ4v) is 2.90. The van der Waals surface area contributed by atoms with E-state index < -0.39 is 0 Å². The molecule has 0 bridgehead atoms. The molecule has 0 aliphatic rings. The minimum Gasteiger partial charge on any atom is -0.331 e. The lowest BCUT2D eigenvalue weighted by Crippen LogP contribution is -2.28. The van der Waals surface area contributed by atoms with Crippen molar-refractivity contribution in [3.05, 3.63) is 46.7 Å². The number of nitrogens with zero attached hydrogens (tertiary/aromatic N) is 4. The van der Waals surface area contributed by atoms with Crippen LogP contribution >= 0.6 is 11.3 Å². The lowest BCUT2D eigenvalue weighted by molar-refractivity contribution is 0.251. The van der Waals surface area contributed by atoms with Gasteiger partial charge in [-0.2, -0.15) is 5.10 Å². The van der Waals surface area contributed by atoms with Crippen LogP contribution in [0, 0.1) is 0 Å². The summed E-state index contributed by atoms with van der Waals surface area (Å²) in [6.07, 6.45) is 3.47. The first-order valence-corrected chi connectivity index (χ1v) is 8.05. The topological polar surface area (TPSA) is 74.6 Å². The Morgan fingerprint density at radius 2 is 2.26 bits per heavy atom.